The van der Waals surface area contributed by atoms with Crippen molar-refractivity contribution >= 4 is 45.7 Å². The number of nitrogens with two attached hydrogens (primary N) is 1. The molecule has 0 bridgehead atoms. The van der Waals surface area contributed by atoms with Crippen LogP contribution in [0.4, 0.5) is 20.3 Å². The van der Waals surface area contributed by atoms with E-state index in [2.05, 4.69) is 25.6 Å². The molecular weight excluding hydrogens is 566 g/mol. The van der Waals surface area contributed by atoms with E-state index in [1.807, 2.05) is 12.1 Å². The Labute approximate surface area is 245 Å². The van der Waals surface area contributed by atoms with Gasteiger partial charge in [-0.2, -0.15) is 5.10 Å². The summed E-state index contributed by atoms with van der Waals surface area (Å²) in [5.41, 5.74) is 9.65. The summed E-state index contributed by atoms with van der Waals surface area (Å²) in [7, 11) is 0. The third-order valence-electron chi connectivity index (χ3n) is 8.07. The molecule has 6 rings (SSSR count). The van der Waals surface area contributed by atoms with Crippen LogP contribution in [0.2, 0.25) is 0 Å². The van der Waals surface area contributed by atoms with Gasteiger partial charge in [0.05, 0.1) is 16.3 Å². The third kappa shape index (κ3) is 5.64. The molecule has 3 aliphatic rings. The molecule has 11 nitrogen and oxygen atoms in total. The van der Waals surface area contributed by atoms with Crippen LogP contribution < -0.4 is 26.0 Å². The molecule has 0 unspecified atom stereocenters. The van der Waals surface area contributed by atoms with Gasteiger partial charge in [-0.1, -0.05) is 6.08 Å². The molecule has 0 saturated carbocycles. The fourth-order valence-corrected chi connectivity index (χ4v) is 6.75. The number of nitrogens with one attached hydrogen (secondary N) is 2. The Morgan fingerprint density at radius 2 is 2.05 bits per heavy atom. The van der Waals surface area contributed by atoms with Crippen molar-refractivity contribution in [2.45, 2.75) is 51.2 Å². The van der Waals surface area contributed by atoms with E-state index in [0.29, 0.717) is 31.0 Å². The molecule has 3 aliphatic heterocycles. The van der Waals surface area contributed by atoms with Crippen LogP contribution in [0.3, 0.4) is 0 Å². The second kappa shape index (κ2) is 11.8. The Bertz CT molecular complexity index is 1520. The van der Waals surface area contributed by atoms with Crippen LogP contribution in [0, 0.1) is 0 Å². The molecule has 4 N–H and O–H groups in total. The first-order valence-electron chi connectivity index (χ1n) is 14.2. The normalized spacial score (nSPS) is 19.9. The van der Waals surface area contributed by atoms with Crippen LogP contribution in [0.15, 0.2) is 24.5 Å². The van der Waals surface area contributed by atoms with Crippen LogP contribution in [0.5, 0.6) is 5.75 Å². The molecule has 0 aliphatic carbocycles. The average Bonchev–Trinajstić information content (AvgIpc) is 3.71. The van der Waals surface area contributed by atoms with Crippen molar-refractivity contribution in [1.29, 1.82) is 0 Å². The first-order chi connectivity index (χ1) is 20.3. The minimum absolute atomic E-state index is 0.00167. The number of carbonyl (C=O) groups is 2. The maximum atomic E-state index is 13.6. The monoisotopic (exact) mass is 600 g/mol. The van der Waals surface area contributed by atoms with Gasteiger partial charge in [-0.3, -0.25) is 9.59 Å². The number of nitrogen functional groups attached to an aromatic ring is 1. The Kier molecular flexibility index (Phi) is 7.99. The molecule has 0 aromatic carbocycles. The summed E-state index contributed by atoms with van der Waals surface area (Å²) in [5.74, 6) is 0.150. The van der Waals surface area contributed by atoms with Crippen molar-refractivity contribution in [3.63, 3.8) is 0 Å². The van der Waals surface area contributed by atoms with E-state index < -0.39 is 12.3 Å². The lowest BCUT2D eigenvalue weighted by molar-refractivity contribution is -0.127. The summed E-state index contributed by atoms with van der Waals surface area (Å²) >= 11 is 0.787. The Morgan fingerprint density at radius 3 is 2.79 bits per heavy atom. The minimum atomic E-state index is -2.68. The summed E-state index contributed by atoms with van der Waals surface area (Å²) in [6.07, 6.45) is 3.67. The largest absolute Gasteiger partial charge is 0.489 e. The number of hydrogen-bond donors (Lipinski definition) is 3. The zero-order valence-electron chi connectivity index (χ0n) is 23.3. The smallest absolute Gasteiger partial charge is 0.272 e. The predicted octanol–water partition coefficient (Wildman–Crippen LogP) is 3.09. The molecule has 2 amide bonds. The fourth-order valence-electron chi connectivity index (χ4n) is 5.90. The number of fused-ring (bicyclic) bond motifs is 1. The minimum Gasteiger partial charge on any atom is -0.489 e. The van der Waals surface area contributed by atoms with Crippen molar-refractivity contribution in [2.75, 3.05) is 49.9 Å². The van der Waals surface area contributed by atoms with E-state index in [-0.39, 0.29) is 33.6 Å². The third-order valence-corrected chi connectivity index (χ3v) is 9.19. The molecule has 0 spiro atoms. The number of thiophene rings is 1. The number of halogens is 2. The van der Waals surface area contributed by atoms with Crippen LogP contribution in [-0.2, 0) is 4.79 Å². The van der Waals surface area contributed by atoms with Crippen LogP contribution >= 0.6 is 11.3 Å². The number of alkyl halides is 2. The number of carbonyl (C=O) groups excluding carboxylic acids is 2. The van der Waals surface area contributed by atoms with Gasteiger partial charge in [0.2, 0.25) is 5.91 Å². The Morgan fingerprint density at radius 1 is 1.24 bits per heavy atom. The zero-order chi connectivity index (χ0) is 29.4. The molecule has 2 fully saturated rings. The van der Waals surface area contributed by atoms with Gasteiger partial charge in [0.25, 0.3) is 12.3 Å². The number of rotatable bonds is 7. The highest BCUT2D eigenvalue weighted by Gasteiger charge is 2.30. The maximum absolute atomic E-state index is 13.6. The zero-order valence-corrected chi connectivity index (χ0v) is 24.1. The number of nitrogens with zero attached hydrogens (tertiary/aromatic N) is 5. The first kappa shape index (κ1) is 28.3. The molecule has 2 saturated heterocycles. The summed E-state index contributed by atoms with van der Waals surface area (Å²) in [6, 6.07) is 3.10. The quantitative estimate of drug-likeness (QED) is 0.377. The number of hydrogen-bond acceptors (Lipinski definition) is 9. The highest BCUT2D eigenvalue weighted by Crippen LogP contribution is 2.38. The highest BCUT2D eigenvalue weighted by molar-refractivity contribution is 7.14. The molecule has 0 radical (unpaired) electrons. The molecule has 14 heteroatoms. The SMILES string of the molecule is CC(=O)N1CC=C(c2cc(N3CCC[C@@H](NC(=O)c4sc(C(F)F)cc4OC4CCNCC4)C3)c3c(N)ncnn23)C1. The van der Waals surface area contributed by atoms with Gasteiger partial charge in [0, 0.05) is 45.2 Å². The lowest BCUT2D eigenvalue weighted by atomic mass is 10.0. The van der Waals surface area contributed by atoms with Crippen molar-refractivity contribution < 1.29 is 23.1 Å². The van der Waals surface area contributed by atoms with E-state index in [1.54, 1.807) is 16.3 Å². The summed E-state index contributed by atoms with van der Waals surface area (Å²) in [5, 5.41) is 10.8. The molecular formula is C28H34F2N8O3S. The number of ether oxygens (including phenoxy) is 1. The molecule has 42 heavy (non-hydrogen) atoms. The fraction of sp³-hybridized carbons (Fsp3) is 0.500. The van der Waals surface area contributed by atoms with Crippen LogP contribution in [0.25, 0.3) is 11.1 Å². The van der Waals surface area contributed by atoms with Crippen molar-refractivity contribution in [3.05, 3.63) is 40.0 Å². The van der Waals surface area contributed by atoms with E-state index in [1.165, 1.54) is 12.4 Å². The second-order valence-corrected chi connectivity index (χ2v) is 12.0. The number of aromatic nitrogens is 3. The molecule has 1 atom stereocenters. The molecule has 224 valence electrons. The summed E-state index contributed by atoms with van der Waals surface area (Å²) < 4.78 is 35.0. The number of amides is 2. The maximum Gasteiger partial charge on any atom is 0.272 e. The van der Waals surface area contributed by atoms with Crippen molar-refractivity contribution in [2.24, 2.45) is 0 Å². The van der Waals surface area contributed by atoms with Gasteiger partial charge in [-0.05, 0) is 50.4 Å². The standard InChI is InChI=1S/C28H34F2N8O3S/c1-16(39)36-10-6-17(13-36)20-11-21(24-27(31)33-15-34-38(20)24)37-9-2-3-18(14-37)35-28(40)25-22(12-23(42-25)26(29)30)41-19-4-7-32-8-5-19/h6,11-12,15,18-19,26,32H,2-5,7-10,13-14H2,1H3,(H,35,40)(H2,31,33,34)/t18-/m1/s1. The van der Waals surface area contributed by atoms with Crippen LogP contribution in [-0.4, -0.2) is 82.7 Å². The Balaban J connectivity index is 1.22. The van der Waals surface area contributed by atoms with Gasteiger partial charge < -0.3 is 30.9 Å². The van der Waals surface area contributed by atoms with E-state index in [0.717, 1.165) is 73.6 Å². The number of anilines is 2. The Hall–Kier alpha value is -3.78. The predicted molar refractivity (Wildman–Crippen MR) is 156 cm³/mol. The lowest BCUT2D eigenvalue weighted by Gasteiger charge is -2.34. The van der Waals surface area contributed by atoms with E-state index >= 15 is 0 Å². The van der Waals surface area contributed by atoms with E-state index in [4.69, 9.17) is 10.5 Å². The van der Waals surface area contributed by atoms with Gasteiger partial charge in [-0.15, -0.1) is 11.3 Å². The summed E-state index contributed by atoms with van der Waals surface area (Å²) in [6.45, 7) is 5.36. The van der Waals surface area contributed by atoms with Gasteiger partial charge in [-0.25, -0.2) is 18.3 Å². The summed E-state index contributed by atoms with van der Waals surface area (Å²) in [4.78, 5) is 33.5. The van der Waals surface area contributed by atoms with Gasteiger partial charge >= 0.3 is 0 Å². The second-order valence-electron chi connectivity index (χ2n) is 10.9. The molecule has 3 aromatic heterocycles. The highest BCUT2D eigenvalue weighted by atomic mass is 32.1. The van der Waals surface area contributed by atoms with Gasteiger partial charge in [0.1, 0.15) is 28.6 Å². The van der Waals surface area contributed by atoms with Gasteiger partial charge in [0.15, 0.2) is 5.82 Å². The van der Waals surface area contributed by atoms with Crippen LogP contribution in [0.1, 0.15) is 59.3 Å². The molecule has 3 aromatic rings. The first-order valence-corrected chi connectivity index (χ1v) is 15.0. The lowest BCUT2D eigenvalue weighted by Crippen LogP contribution is -2.47. The average molecular weight is 601 g/mol. The number of piperidine rings is 2. The molecule has 6 heterocycles. The topological polar surface area (TPSA) is 130 Å². The van der Waals surface area contributed by atoms with Crippen molar-refractivity contribution in [3.8, 4) is 5.75 Å². The van der Waals surface area contributed by atoms with Crippen molar-refractivity contribution in [1.82, 2.24) is 30.1 Å². The van der Waals surface area contributed by atoms with E-state index in [9.17, 15) is 18.4 Å².